The number of aromatic nitrogens is 4. The third kappa shape index (κ3) is 2.36. The van der Waals surface area contributed by atoms with Crippen molar-refractivity contribution >= 4 is 12.7 Å². The molecule has 6 nitrogen and oxygen atoms in total. The molecule has 0 N–H and O–H groups in total. The van der Waals surface area contributed by atoms with Crippen molar-refractivity contribution in [3.63, 3.8) is 0 Å². The third-order valence-corrected chi connectivity index (χ3v) is 4.19. The van der Waals surface area contributed by atoms with Crippen LogP contribution < -0.4 is 5.59 Å². The third-order valence-electron chi connectivity index (χ3n) is 4.19. The van der Waals surface area contributed by atoms with Crippen molar-refractivity contribution in [3.8, 4) is 5.82 Å². The van der Waals surface area contributed by atoms with Gasteiger partial charge in [0.25, 0.3) is 0 Å². The fraction of sp³-hybridized carbons (Fsp3) is 0.500. The van der Waals surface area contributed by atoms with Gasteiger partial charge in [-0.1, -0.05) is 0 Å². The lowest BCUT2D eigenvalue weighted by Crippen LogP contribution is -2.41. The van der Waals surface area contributed by atoms with Gasteiger partial charge < -0.3 is 9.31 Å². The highest BCUT2D eigenvalue weighted by Gasteiger charge is 2.52. The molecule has 110 valence electrons. The van der Waals surface area contributed by atoms with Crippen LogP contribution in [0, 0.1) is 6.92 Å². The van der Waals surface area contributed by atoms with Crippen molar-refractivity contribution in [1.29, 1.82) is 0 Å². The number of aryl methyl sites for hydroxylation is 1. The van der Waals surface area contributed by atoms with Crippen molar-refractivity contribution < 1.29 is 9.31 Å². The molecular formula is C14H19BN4O2. The maximum atomic E-state index is 6.02. The van der Waals surface area contributed by atoms with Gasteiger partial charge in [-0.05, 0) is 34.6 Å². The highest BCUT2D eigenvalue weighted by atomic mass is 16.7. The molecule has 0 bridgehead atoms. The summed E-state index contributed by atoms with van der Waals surface area (Å²) in [4.78, 5) is 12.9. The van der Waals surface area contributed by atoms with Gasteiger partial charge >= 0.3 is 7.12 Å². The van der Waals surface area contributed by atoms with Gasteiger partial charge in [-0.15, -0.1) is 0 Å². The summed E-state index contributed by atoms with van der Waals surface area (Å²) in [7, 11) is -0.466. The van der Waals surface area contributed by atoms with E-state index >= 15 is 0 Å². The second kappa shape index (κ2) is 4.64. The average molecular weight is 286 g/mol. The van der Waals surface area contributed by atoms with E-state index in [1.54, 1.807) is 18.6 Å². The summed E-state index contributed by atoms with van der Waals surface area (Å²) in [6, 6.07) is 0. The summed E-state index contributed by atoms with van der Waals surface area (Å²) in [5.41, 5.74) is 0.000817. The van der Waals surface area contributed by atoms with Crippen LogP contribution in [0.25, 0.3) is 5.82 Å². The van der Waals surface area contributed by atoms with E-state index in [9.17, 15) is 0 Å². The average Bonchev–Trinajstić information content (AvgIpc) is 2.89. The minimum absolute atomic E-state index is 0.373. The first-order valence-electron chi connectivity index (χ1n) is 6.98. The predicted molar refractivity (Wildman–Crippen MR) is 79.6 cm³/mol. The molecule has 0 unspecified atom stereocenters. The Balaban J connectivity index is 1.93. The maximum Gasteiger partial charge on any atom is 0.516 e. The van der Waals surface area contributed by atoms with Crippen LogP contribution in [0.5, 0.6) is 0 Å². The van der Waals surface area contributed by atoms with Crippen molar-refractivity contribution in [2.24, 2.45) is 0 Å². The van der Waals surface area contributed by atoms with E-state index in [2.05, 4.69) is 15.0 Å². The highest BCUT2D eigenvalue weighted by Crippen LogP contribution is 2.36. The van der Waals surface area contributed by atoms with E-state index in [4.69, 9.17) is 9.31 Å². The van der Waals surface area contributed by atoms with Crippen LogP contribution in [0.3, 0.4) is 0 Å². The zero-order chi connectivity index (χ0) is 15.3. The molecule has 1 aliphatic rings. The van der Waals surface area contributed by atoms with Crippen LogP contribution in [0.15, 0.2) is 24.8 Å². The fourth-order valence-corrected chi connectivity index (χ4v) is 2.22. The monoisotopic (exact) mass is 286 g/mol. The minimum atomic E-state index is -0.466. The summed E-state index contributed by atoms with van der Waals surface area (Å²) in [5.74, 6) is 1.55. The first kappa shape index (κ1) is 14.2. The summed E-state index contributed by atoms with van der Waals surface area (Å²) in [5, 5.41) is 0. The highest BCUT2D eigenvalue weighted by molar-refractivity contribution is 6.61. The van der Waals surface area contributed by atoms with E-state index in [0.717, 1.165) is 17.2 Å². The topological polar surface area (TPSA) is 62.1 Å². The molecule has 2 aromatic rings. The smallest absolute Gasteiger partial charge is 0.398 e. The zero-order valence-corrected chi connectivity index (χ0v) is 13.0. The molecular weight excluding hydrogens is 267 g/mol. The van der Waals surface area contributed by atoms with E-state index in [-0.39, 0.29) is 11.2 Å². The molecule has 7 heteroatoms. The molecule has 1 aliphatic heterocycles. The van der Waals surface area contributed by atoms with Gasteiger partial charge in [0.2, 0.25) is 0 Å². The SMILES string of the molecule is Cc1nc(B2OC(C)(C)C(C)(C)O2)cn1-c1cnccn1. The summed E-state index contributed by atoms with van der Waals surface area (Å²) < 4.78 is 13.9. The van der Waals surface area contributed by atoms with Crippen molar-refractivity contribution in [2.45, 2.75) is 45.8 Å². The van der Waals surface area contributed by atoms with Gasteiger partial charge in [-0.2, -0.15) is 0 Å². The molecule has 0 saturated carbocycles. The molecule has 3 heterocycles. The number of imidazole rings is 1. The molecule has 3 rings (SSSR count). The van der Waals surface area contributed by atoms with Gasteiger partial charge in [0, 0.05) is 18.6 Å². The molecule has 0 atom stereocenters. The lowest BCUT2D eigenvalue weighted by atomic mass is 9.86. The molecule has 0 aromatic carbocycles. The number of hydrogen-bond acceptors (Lipinski definition) is 5. The van der Waals surface area contributed by atoms with Crippen LogP contribution >= 0.6 is 0 Å². The van der Waals surface area contributed by atoms with Gasteiger partial charge in [-0.25, -0.2) is 9.97 Å². The molecule has 0 spiro atoms. The number of nitrogens with zero attached hydrogens (tertiary/aromatic N) is 4. The van der Waals surface area contributed by atoms with Crippen molar-refractivity contribution in [1.82, 2.24) is 19.5 Å². The Morgan fingerprint density at radius 2 is 1.76 bits per heavy atom. The molecule has 2 aromatic heterocycles. The standard InChI is InChI=1S/C14H19BN4O2/c1-10-18-11(9-19(10)12-8-16-6-7-17-12)15-20-13(2,3)14(4,5)21-15/h6-9H,1-5H3. The largest absolute Gasteiger partial charge is 0.516 e. The fourth-order valence-electron chi connectivity index (χ4n) is 2.22. The Bertz CT molecular complexity index is 638. The van der Waals surface area contributed by atoms with Crippen LogP contribution in [0.4, 0.5) is 0 Å². The zero-order valence-electron chi connectivity index (χ0n) is 13.0. The molecule has 1 saturated heterocycles. The second-order valence-corrected chi connectivity index (χ2v) is 6.23. The molecule has 1 fully saturated rings. The van der Waals surface area contributed by atoms with Gasteiger partial charge in [0.15, 0.2) is 5.82 Å². The Morgan fingerprint density at radius 1 is 1.10 bits per heavy atom. The van der Waals surface area contributed by atoms with Crippen LogP contribution in [0.2, 0.25) is 0 Å². The molecule has 21 heavy (non-hydrogen) atoms. The summed E-state index contributed by atoms with van der Waals surface area (Å²) >= 11 is 0. The Hall–Kier alpha value is -1.73. The van der Waals surface area contributed by atoms with E-state index in [0.29, 0.717) is 0 Å². The van der Waals surface area contributed by atoms with Crippen LogP contribution in [0.1, 0.15) is 33.5 Å². The van der Waals surface area contributed by atoms with E-state index in [1.165, 1.54) is 0 Å². The second-order valence-electron chi connectivity index (χ2n) is 6.23. The van der Waals surface area contributed by atoms with Gasteiger partial charge in [0.1, 0.15) is 5.82 Å². The predicted octanol–water partition coefficient (Wildman–Crippen LogP) is 1.27. The van der Waals surface area contributed by atoms with Gasteiger partial charge in [0.05, 0.1) is 23.0 Å². The molecule has 0 radical (unpaired) electrons. The van der Waals surface area contributed by atoms with E-state index in [1.807, 2.05) is 45.4 Å². The Kier molecular flexibility index (Phi) is 3.14. The first-order chi connectivity index (χ1) is 9.80. The van der Waals surface area contributed by atoms with Crippen LogP contribution in [-0.4, -0.2) is 37.8 Å². The summed E-state index contributed by atoms with van der Waals surface area (Å²) in [6.45, 7) is 10.0. The summed E-state index contributed by atoms with van der Waals surface area (Å²) in [6.07, 6.45) is 6.89. The van der Waals surface area contributed by atoms with E-state index < -0.39 is 7.12 Å². The normalized spacial score (nSPS) is 20.0. The van der Waals surface area contributed by atoms with Gasteiger partial charge in [-0.3, -0.25) is 9.55 Å². The maximum absolute atomic E-state index is 6.02. The quantitative estimate of drug-likeness (QED) is 0.778. The number of rotatable bonds is 2. The number of hydrogen-bond donors (Lipinski definition) is 0. The molecule has 0 amide bonds. The van der Waals surface area contributed by atoms with Crippen molar-refractivity contribution in [2.75, 3.05) is 0 Å². The Labute approximate surface area is 124 Å². The lowest BCUT2D eigenvalue weighted by Gasteiger charge is -2.32. The molecule has 0 aliphatic carbocycles. The van der Waals surface area contributed by atoms with Crippen molar-refractivity contribution in [3.05, 3.63) is 30.6 Å². The Morgan fingerprint density at radius 3 is 2.33 bits per heavy atom. The lowest BCUT2D eigenvalue weighted by molar-refractivity contribution is 0.00578. The van der Waals surface area contributed by atoms with Crippen LogP contribution in [-0.2, 0) is 9.31 Å². The minimum Gasteiger partial charge on any atom is -0.398 e. The first-order valence-corrected chi connectivity index (χ1v) is 6.98.